The Bertz CT molecular complexity index is 1030. The van der Waals surface area contributed by atoms with E-state index in [1.165, 1.54) is 18.2 Å². The number of aromatic nitrogens is 1. The van der Waals surface area contributed by atoms with Crippen LogP contribution in [0.1, 0.15) is 10.4 Å². The van der Waals surface area contributed by atoms with Crippen LogP contribution >= 0.6 is 23.2 Å². The summed E-state index contributed by atoms with van der Waals surface area (Å²) in [4.78, 5) is 19.7. The maximum Gasteiger partial charge on any atom is 0.280 e. The van der Waals surface area contributed by atoms with Gasteiger partial charge in [0, 0.05) is 26.9 Å². The molecule has 3 aromatic rings. The quantitative estimate of drug-likeness (QED) is 0.525. The minimum atomic E-state index is -0.640. The molecule has 1 heterocycles. The molecule has 2 aromatic carbocycles. The van der Waals surface area contributed by atoms with E-state index in [9.17, 15) is 9.18 Å². The molecule has 0 aliphatic rings. The topological polar surface area (TPSA) is 94.4 Å². The Kier molecular flexibility index (Phi) is 4.57. The number of nitrogens with zero attached hydrogens (tertiary/aromatic N) is 2. The molecule has 0 saturated carbocycles. The summed E-state index contributed by atoms with van der Waals surface area (Å²) in [6.45, 7) is 0. The fraction of sp³-hybridized carbons (Fsp3) is 0. The molecule has 0 bridgehead atoms. The van der Waals surface area contributed by atoms with Crippen molar-refractivity contribution in [1.82, 2.24) is 4.98 Å². The van der Waals surface area contributed by atoms with Crippen LogP contribution in [0.5, 0.6) is 0 Å². The third-order valence-electron chi connectivity index (χ3n) is 3.50. The van der Waals surface area contributed by atoms with Gasteiger partial charge in [-0.2, -0.15) is 4.99 Å². The number of rotatable bonds is 2. The van der Waals surface area contributed by atoms with Crippen LogP contribution in [-0.2, 0) is 0 Å². The zero-order valence-electron chi connectivity index (χ0n) is 12.6. The SMILES string of the molecule is NC(N)=NC(=O)c1ccc2c(F)cnc(-c3ccc(Cl)cc3Cl)c2c1. The van der Waals surface area contributed by atoms with E-state index in [-0.39, 0.29) is 16.9 Å². The van der Waals surface area contributed by atoms with Crippen LogP contribution in [0.15, 0.2) is 47.6 Å². The van der Waals surface area contributed by atoms with E-state index in [1.807, 2.05) is 0 Å². The number of hydrogen-bond acceptors (Lipinski definition) is 2. The van der Waals surface area contributed by atoms with Gasteiger partial charge < -0.3 is 11.5 Å². The first-order valence-electron chi connectivity index (χ1n) is 7.04. The van der Waals surface area contributed by atoms with Crippen LogP contribution in [0.3, 0.4) is 0 Å². The summed E-state index contributed by atoms with van der Waals surface area (Å²) in [5.41, 5.74) is 11.6. The highest BCUT2D eigenvalue weighted by molar-refractivity contribution is 6.36. The number of amides is 1. The van der Waals surface area contributed by atoms with Gasteiger partial charge in [0.25, 0.3) is 5.91 Å². The molecule has 0 saturated heterocycles. The number of benzene rings is 2. The van der Waals surface area contributed by atoms with E-state index in [4.69, 9.17) is 34.7 Å². The van der Waals surface area contributed by atoms with Crippen molar-refractivity contribution in [2.45, 2.75) is 0 Å². The lowest BCUT2D eigenvalue weighted by Crippen LogP contribution is -2.24. The molecule has 0 fully saturated rings. The van der Waals surface area contributed by atoms with E-state index in [0.29, 0.717) is 26.7 Å². The smallest absolute Gasteiger partial charge is 0.280 e. The predicted molar refractivity (Wildman–Crippen MR) is 97.3 cm³/mol. The molecule has 0 spiro atoms. The zero-order chi connectivity index (χ0) is 18.1. The highest BCUT2D eigenvalue weighted by Gasteiger charge is 2.15. The standard InChI is InChI=1S/C17H11Cl2FN4O/c18-9-2-4-11(13(19)6-9)15-12-5-8(16(25)24-17(21)22)1-3-10(12)14(20)7-23-15/h1-7H,(H4,21,22,24,25). The number of nitrogens with two attached hydrogens (primary N) is 2. The summed E-state index contributed by atoms with van der Waals surface area (Å²) in [5, 5.41) is 1.51. The molecule has 3 rings (SSSR count). The van der Waals surface area contributed by atoms with Crippen LogP contribution in [0, 0.1) is 5.82 Å². The molecule has 0 radical (unpaired) electrons. The number of pyridine rings is 1. The molecule has 0 unspecified atom stereocenters. The van der Waals surface area contributed by atoms with Crippen LogP contribution in [0.4, 0.5) is 4.39 Å². The van der Waals surface area contributed by atoms with Crippen molar-refractivity contribution in [3.8, 4) is 11.3 Å². The fourth-order valence-corrected chi connectivity index (χ4v) is 2.92. The van der Waals surface area contributed by atoms with Gasteiger partial charge >= 0.3 is 0 Å². The molecule has 25 heavy (non-hydrogen) atoms. The molecular formula is C17H11Cl2FN4O. The third-order valence-corrected chi connectivity index (χ3v) is 4.05. The van der Waals surface area contributed by atoms with E-state index in [2.05, 4.69) is 9.98 Å². The Labute approximate surface area is 152 Å². The lowest BCUT2D eigenvalue weighted by atomic mass is 10.0. The number of halogens is 3. The monoisotopic (exact) mass is 376 g/mol. The van der Waals surface area contributed by atoms with E-state index in [0.717, 1.165) is 6.20 Å². The van der Waals surface area contributed by atoms with Gasteiger partial charge in [0.15, 0.2) is 5.96 Å². The Balaban J connectivity index is 2.27. The normalized spacial score (nSPS) is 10.7. The van der Waals surface area contributed by atoms with Crippen molar-refractivity contribution in [1.29, 1.82) is 0 Å². The molecule has 5 nitrogen and oxygen atoms in total. The van der Waals surface area contributed by atoms with E-state index >= 15 is 0 Å². The van der Waals surface area contributed by atoms with Crippen molar-refractivity contribution in [2.24, 2.45) is 16.5 Å². The summed E-state index contributed by atoms with van der Waals surface area (Å²) in [7, 11) is 0. The Hall–Kier alpha value is -2.70. The van der Waals surface area contributed by atoms with E-state index in [1.54, 1.807) is 18.2 Å². The second-order valence-corrected chi connectivity index (χ2v) is 6.02. The molecule has 1 aromatic heterocycles. The van der Waals surface area contributed by atoms with Gasteiger partial charge in [0.2, 0.25) is 0 Å². The average Bonchev–Trinajstić information content (AvgIpc) is 2.55. The number of guanidine groups is 1. The third kappa shape index (κ3) is 3.40. The number of fused-ring (bicyclic) bond motifs is 1. The number of carbonyl (C=O) groups excluding carboxylic acids is 1. The lowest BCUT2D eigenvalue weighted by Gasteiger charge is -2.10. The zero-order valence-corrected chi connectivity index (χ0v) is 14.1. The summed E-state index contributed by atoms with van der Waals surface area (Å²) in [5.74, 6) is -1.52. The van der Waals surface area contributed by atoms with Crippen LogP contribution < -0.4 is 11.5 Å². The summed E-state index contributed by atoms with van der Waals surface area (Å²) in [6.07, 6.45) is 1.10. The Morgan fingerprint density at radius 1 is 1.08 bits per heavy atom. The number of carbonyl (C=O) groups is 1. The molecule has 0 aliphatic carbocycles. The molecule has 1 amide bonds. The maximum atomic E-state index is 14.1. The van der Waals surface area contributed by atoms with Crippen molar-refractivity contribution >= 4 is 45.8 Å². The first-order valence-corrected chi connectivity index (χ1v) is 7.80. The van der Waals surface area contributed by atoms with Gasteiger partial charge in [-0.25, -0.2) is 4.39 Å². The lowest BCUT2D eigenvalue weighted by molar-refractivity contribution is 0.100. The Morgan fingerprint density at radius 2 is 1.84 bits per heavy atom. The van der Waals surface area contributed by atoms with Gasteiger partial charge in [0.1, 0.15) is 5.82 Å². The van der Waals surface area contributed by atoms with Crippen LogP contribution in [0.2, 0.25) is 10.0 Å². The number of aliphatic imine (C=N–C) groups is 1. The van der Waals surface area contributed by atoms with Crippen molar-refractivity contribution in [3.63, 3.8) is 0 Å². The van der Waals surface area contributed by atoms with Crippen molar-refractivity contribution in [2.75, 3.05) is 0 Å². The minimum absolute atomic E-state index is 0.194. The van der Waals surface area contributed by atoms with Crippen LogP contribution in [0.25, 0.3) is 22.0 Å². The second-order valence-electron chi connectivity index (χ2n) is 5.18. The largest absolute Gasteiger partial charge is 0.370 e. The average molecular weight is 377 g/mol. The second kappa shape index (κ2) is 6.66. The molecule has 8 heteroatoms. The molecule has 126 valence electrons. The van der Waals surface area contributed by atoms with Gasteiger partial charge in [0.05, 0.1) is 16.9 Å². The highest BCUT2D eigenvalue weighted by Crippen LogP contribution is 2.34. The predicted octanol–water partition coefficient (Wildman–Crippen LogP) is 3.76. The molecule has 0 atom stereocenters. The fourth-order valence-electron chi connectivity index (χ4n) is 2.42. The Morgan fingerprint density at radius 3 is 2.52 bits per heavy atom. The van der Waals surface area contributed by atoms with Gasteiger partial charge in [-0.05, 0) is 30.3 Å². The van der Waals surface area contributed by atoms with E-state index < -0.39 is 11.7 Å². The first-order chi connectivity index (χ1) is 11.9. The van der Waals surface area contributed by atoms with Gasteiger partial charge in [-0.1, -0.05) is 29.3 Å². The summed E-state index contributed by atoms with van der Waals surface area (Å²) in [6, 6.07) is 9.26. The summed E-state index contributed by atoms with van der Waals surface area (Å²) >= 11 is 12.2. The van der Waals surface area contributed by atoms with Gasteiger partial charge in [-0.3, -0.25) is 9.78 Å². The van der Waals surface area contributed by atoms with Crippen LogP contribution in [-0.4, -0.2) is 16.9 Å². The summed E-state index contributed by atoms with van der Waals surface area (Å²) < 4.78 is 14.1. The molecular weight excluding hydrogens is 366 g/mol. The minimum Gasteiger partial charge on any atom is -0.370 e. The molecule has 0 aliphatic heterocycles. The maximum absolute atomic E-state index is 14.1. The highest BCUT2D eigenvalue weighted by atomic mass is 35.5. The van der Waals surface area contributed by atoms with Crippen molar-refractivity contribution in [3.05, 3.63) is 64.0 Å². The number of hydrogen-bond donors (Lipinski definition) is 2. The van der Waals surface area contributed by atoms with Gasteiger partial charge in [-0.15, -0.1) is 0 Å². The van der Waals surface area contributed by atoms with Crippen molar-refractivity contribution < 1.29 is 9.18 Å². The first kappa shape index (κ1) is 17.1. The molecule has 4 N–H and O–H groups in total.